The van der Waals surface area contributed by atoms with E-state index in [1.54, 1.807) is 17.4 Å². The summed E-state index contributed by atoms with van der Waals surface area (Å²) in [5, 5.41) is 7.19. The zero-order valence-corrected chi connectivity index (χ0v) is 12.3. The Morgan fingerprint density at radius 2 is 2.18 bits per heavy atom. The molecule has 2 fully saturated rings. The predicted octanol–water partition coefficient (Wildman–Crippen LogP) is 0.572. The standard InChI is InChI=1S/C14H17N7O/c1-10-4-13(17-9-16-10)19-6-12(7-19)21-8-11(5-18-21)20-3-2-15-14(20)22/h4-5,8-9,12H,2-3,6-7H2,1H3,(H,15,22). The molecule has 0 aromatic carbocycles. The molecule has 0 unspecified atom stereocenters. The van der Waals surface area contributed by atoms with Gasteiger partial charge >= 0.3 is 6.03 Å². The summed E-state index contributed by atoms with van der Waals surface area (Å²) in [6.45, 7) is 5.08. The highest BCUT2D eigenvalue weighted by atomic mass is 16.2. The number of urea groups is 1. The second-order valence-corrected chi connectivity index (χ2v) is 5.64. The van der Waals surface area contributed by atoms with Crippen molar-refractivity contribution < 1.29 is 4.79 Å². The van der Waals surface area contributed by atoms with E-state index in [0.29, 0.717) is 19.1 Å². The number of amides is 2. The zero-order valence-electron chi connectivity index (χ0n) is 12.3. The van der Waals surface area contributed by atoms with Crippen molar-refractivity contribution >= 4 is 17.5 Å². The number of nitrogens with one attached hydrogen (secondary N) is 1. The lowest BCUT2D eigenvalue weighted by Crippen LogP contribution is -2.48. The first-order chi connectivity index (χ1) is 10.7. The van der Waals surface area contributed by atoms with Crippen molar-refractivity contribution in [2.24, 2.45) is 0 Å². The van der Waals surface area contributed by atoms with Gasteiger partial charge in [-0.1, -0.05) is 0 Å². The van der Waals surface area contributed by atoms with Gasteiger partial charge in [0.25, 0.3) is 0 Å². The molecule has 2 aliphatic rings. The first kappa shape index (κ1) is 13.1. The Morgan fingerprint density at radius 1 is 1.32 bits per heavy atom. The van der Waals surface area contributed by atoms with E-state index in [1.807, 2.05) is 23.9 Å². The van der Waals surface area contributed by atoms with E-state index in [4.69, 9.17) is 0 Å². The molecule has 2 aliphatic heterocycles. The van der Waals surface area contributed by atoms with Gasteiger partial charge in [0.2, 0.25) is 0 Å². The molecule has 4 rings (SSSR count). The summed E-state index contributed by atoms with van der Waals surface area (Å²) in [6, 6.07) is 2.25. The summed E-state index contributed by atoms with van der Waals surface area (Å²) < 4.78 is 1.94. The highest BCUT2D eigenvalue weighted by Gasteiger charge is 2.31. The van der Waals surface area contributed by atoms with Crippen molar-refractivity contribution in [2.45, 2.75) is 13.0 Å². The minimum Gasteiger partial charge on any atom is -0.352 e. The number of carbonyl (C=O) groups excluding carboxylic acids is 1. The summed E-state index contributed by atoms with van der Waals surface area (Å²) in [6.07, 6.45) is 5.29. The summed E-state index contributed by atoms with van der Waals surface area (Å²) in [4.78, 5) is 24.0. The lowest BCUT2D eigenvalue weighted by Gasteiger charge is -2.40. The fourth-order valence-corrected chi connectivity index (χ4v) is 2.81. The molecule has 2 aromatic heterocycles. The maximum absolute atomic E-state index is 11.7. The third-order valence-corrected chi connectivity index (χ3v) is 4.11. The fourth-order valence-electron chi connectivity index (χ4n) is 2.81. The third kappa shape index (κ3) is 2.16. The molecule has 8 heteroatoms. The number of aromatic nitrogens is 4. The lowest BCUT2D eigenvalue weighted by molar-refractivity contribution is 0.252. The monoisotopic (exact) mass is 299 g/mol. The van der Waals surface area contributed by atoms with E-state index in [2.05, 4.69) is 25.3 Å². The largest absolute Gasteiger partial charge is 0.352 e. The van der Waals surface area contributed by atoms with Crippen LogP contribution in [0.15, 0.2) is 24.8 Å². The first-order valence-electron chi connectivity index (χ1n) is 7.34. The molecule has 0 atom stereocenters. The average Bonchev–Trinajstić information content (AvgIpc) is 3.06. The molecule has 0 radical (unpaired) electrons. The Labute approximate surface area is 127 Å². The van der Waals surface area contributed by atoms with Crippen LogP contribution in [-0.4, -0.2) is 52.0 Å². The molecular formula is C14H17N7O. The molecule has 2 aromatic rings. The molecule has 1 N–H and O–H groups in total. The molecule has 0 spiro atoms. The number of hydrogen-bond acceptors (Lipinski definition) is 5. The van der Waals surface area contributed by atoms with Gasteiger partial charge in [-0.2, -0.15) is 5.10 Å². The number of aryl methyl sites for hydroxylation is 1. The molecular weight excluding hydrogens is 282 g/mol. The number of rotatable bonds is 3. The Balaban J connectivity index is 1.43. The molecule has 0 aliphatic carbocycles. The van der Waals surface area contributed by atoms with Crippen LogP contribution in [0.5, 0.6) is 0 Å². The van der Waals surface area contributed by atoms with Crippen molar-refractivity contribution in [3.05, 3.63) is 30.5 Å². The zero-order chi connectivity index (χ0) is 15.1. The number of hydrogen-bond donors (Lipinski definition) is 1. The van der Waals surface area contributed by atoms with Crippen molar-refractivity contribution in [1.29, 1.82) is 0 Å². The fraction of sp³-hybridized carbons (Fsp3) is 0.429. The van der Waals surface area contributed by atoms with Crippen LogP contribution < -0.4 is 15.1 Å². The minimum absolute atomic E-state index is 0.0498. The van der Waals surface area contributed by atoms with Crippen LogP contribution in [0.2, 0.25) is 0 Å². The maximum atomic E-state index is 11.7. The molecule has 114 valence electrons. The topological polar surface area (TPSA) is 79.2 Å². The van der Waals surface area contributed by atoms with E-state index in [-0.39, 0.29) is 6.03 Å². The van der Waals surface area contributed by atoms with Crippen LogP contribution in [-0.2, 0) is 0 Å². The summed E-state index contributed by atoms with van der Waals surface area (Å²) in [7, 11) is 0. The summed E-state index contributed by atoms with van der Waals surface area (Å²) in [5.41, 5.74) is 1.82. The SMILES string of the molecule is Cc1cc(N2CC(n3cc(N4CCNC4=O)cn3)C2)ncn1. The summed E-state index contributed by atoms with van der Waals surface area (Å²) in [5.74, 6) is 0.954. The highest BCUT2D eigenvalue weighted by Crippen LogP contribution is 2.27. The Bertz CT molecular complexity index is 707. The molecule has 2 amide bonds. The Hall–Kier alpha value is -2.64. The predicted molar refractivity (Wildman–Crippen MR) is 81.0 cm³/mol. The van der Waals surface area contributed by atoms with Gasteiger partial charge in [0.1, 0.15) is 12.1 Å². The molecule has 4 heterocycles. The molecule has 0 saturated carbocycles. The van der Waals surface area contributed by atoms with Gasteiger partial charge in [0, 0.05) is 44.1 Å². The number of carbonyl (C=O) groups is 1. The first-order valence-corrected chi connectivity index (χ1v) is 7.34. The van der Waals surface area contributed by atoms with Crippen molar-refractivity contribution in [3.8, 4) is 0 Å². The Morgan fingerprint density at radius 3 is 2.91 bits per heavy atom. The minimum atomic E-state index is -0.0498. The van der Waals surface area contributed by atoms with Crippen LogP contribution in [0.1, 0.15) is 11.7 Å². The molecule has 0 bridgehead atoms. The van der Waals surface area contributed by atoms with Crippen LogP contribution >= 0.6 is 0 Å². The third-order valence-electron chi connectivity index (χ3n) is 4.11. The summed E-state index contributed by atoms with van der Waals surface area (Å²) >= 11 is 0. The van der Waals surface area contributed by atoms with E-state index in [9.17, 15) is 4.79 Å². The van der Waals surface area contributed by atoms with Crippen LogP contribution in [0.4, 0.5) is 16.3 Å². The van der Waals surface area contributed by atoms with Crippen molar-refractivity contribution in [1.82, 2.24) is 25.1 Å². The van der Waals surface area contributed by atoms with Gasteiger partial charge in [0.15, 0.2) is 0 Å². The van der Waals surface area contributed by atoms with Gasteiger partial charge in [-0.25, -0.2) is 14.8 Å². The van der Waals surface area contributed by atoms with Gasteiger partial charge in [-0.3, -0.25) is 9.58 Å². The van der Waals surface area contributed by atoms with E-state index < -0.39 is 0 Å². The second kappa shape index (κ2) is 4.97. The van der Waals surface area contributed by atoms with Gasteiger partial charge in [0.05, 0.1) is 17.9 Å². The van der Waals surface area contributed by atoms with Crippen molar-refractivity contribution in [3.63, 3.8) is 0 Å². The van der Waals surface area contributed by atoms with Crippen LogP contribution in [0, 0.1) is 6.92 Å². The van der Waals surface area contributed by atoms with Gasteiger partial charge < -0.3 is 10.2 Å². The van der Waals surface area contributed by atoms with Gasteiger partial charge in [-0.05, 0) is 6.92 Å². The lowest BCUT2D eigenvalue weighted by atomic mass is 10.1. The van der Waals surface area contributed by atoms with E-state index in [0.717, 1.165) is 30.3 Å². The van der Waals surface area contributed by atoms with E-state index >= 15 is 0 Å². The maximum Gasteiger partial charge on any atom is 0.322 e. The van der Waals surface area contributed by atoms with E-state index in [1.165, 1.54) is 0 Å². The van der Waals surface area contributed by atoms with Crippen LogP contribution in [0.25, 0.3) is 0 Å². The Kier molecular flexibility index (Phi) is 2.95. The molecule has 22 heavy (non-hydrogen) atoms. The second-order valence-electron chi connectivity index (χ2n) is 5.64. The normalized spacial score (nSPS) is 18.5. The average molecular weight is 299 g/mol. The molecule has 8 nitrogen and oxygen atoms in total. The van der Waals surface area contributed by atoms with Gasteiger partial charge in [-0.15, -0.1) is 0 Å². The van der Waals surface area contributed by atoms with Crippen molar-refractivity contribution in [2.75, 3.05) is 36.0 Å². The van der Waals surface area contributed by atoms with Crippen LogP contribution in [0.3, 0.4) is 0 Å². The quantitative estimate of drug-likeness (QED) is 0.896. The molecule has 2 saturated heterocycles. The highest BCUT2D eigenvalue weighted by molar-refractivity contribution is 5.93. The smallest absolute Gasteiger partial charge is 0.322 e. The number of anilines is 2. The number of nitrogens with zero attached hydrogens (tertiary/aromatic N) is 6.